The van der Waals surface area contributed by atoms with Crippen molar-refractivity contribution in [3.05, 3.63) is 29.3 Å². The molecule has 0 fully saturated rings. The molecule has 3 N–H and O–H groups in total. The quantitative estimate of drug-likeness (QED) is 0.624. The van der Waals surface area contributed by atoms with Crippen LogP contribution in [-0.4, -0.2) is 25.0 Å². The van der Waals surface area contributed by atoms with Gasteiger partial charge in [0.15, 0.2) is 6.61 Å². The molecule has 0 saturated carbocycles. The molecule has 0 aliphatic heterocycles. The number of nitrogens with two attached hydrogens (primary N) is 1. The fraction of sp³-hybridized carbons (Fsp3) is 0.429. The van der Waals surface area contributed by atoms with Crippen LogP contribution >= 0.6 is 0 Å². The van der Waals surface area contributed by atoms with Gasteiger partial charge in [-0.2, -0.15) is 0 Å². The van der Waals surface area contributed by atoms with E-state index in [1.807, 2.05) is 13.8 Å². The van der Waals surface area contributed by atoms with E-state index in [0.29, 0.717) is 23.7 Å². The zero-order valence-electron chi connectivity index (χ0n) is 11.5. The van der Waals surface area contributed by atoms with Gasteiger partial charge in [-0.25, -0.2) is 4.79 Å². The average Bonchev–Trinajstić information content (AvgIpc) is 2.33. The Bertz CT molecular complexity index is 470. The number of esters is 1. The summed E-state index contributed by atoms with van der Waals surface area (Å²) < 4.78 is 4.95. The minimum atomic E-state index is -0.516. The van der Waals surface area contributed by atoms with Gasteiger partial charge in [-0.3, -0.25) is 4.79 Å². The molecule has 0 spiro atoms. The van der Waals surface area contributed by atoms with Gasteiger partial charge in [0.05, 0.1) is 5.56 Å². The third-order valence-corrected chi connectivity index (χ3v) is 2.51. The molecule has 19 heavy (non-hydrogen) atoms. The van der Waals surface area contributed by atoms with Crippen molar-refractivity contribution in [3.8, 4) is 0 Å². The van der Waals surface area contributed by atoms with Crippen LogP contribution in [0, 0.1) is 12.8 Å². The molecular formula is C14H20N2O3. The molecule has 1 rings (SSSR count). The normalized spacial score (nSPS) is 10.3. The van der Waals surface area contributed by atoms with E-state index >= 15 is 0 Å². The highest BCUT2D eigenvalue weighted by molar-refractivity contribution is 5.93. The summed E-state index contributed by atoms with van der Waals surface area (Å²) in [6, 6.07) is 4.91. The Morgan fingerprint density at radius 3 is 2.63 bits per heavy atom. The molecule has 5 heteroatoms. The number of hydrogen-bond acceptors (Lipinski definition) is 4. The molecule has 1 amide bonds. The second-order valence-electron chi connectivity index (χ2n) is 4.85. The number of rotatable bonds is 5. The van der Waals surface area contributed by atoms with E-state index in [-0.39, 0.29) is 12.5 Å². The van der Waals surface area contributed by atoms with Crippen molar-refractivity contribution in [2.75, 3.05) is 18.9 Å². The minimum Gasteiger partial charge on any atom is -0.452 e. The Labute approximate surface area is 113 Å². The Hall–Kier alpha value is -2.04. The van der Waals surface area contributed by atoms with Crippen LogP contribution in [0.5, 0.6) is 0 Å². The van der Waals surface area contributed by atoms with E-state index in [0.717, 1.165) is 5.56 Å². The van der Waals surface area contributed by atoms with Crippen molar-refractivity contribution in [3.63, 3.8) is 0 Å². The first-order valence-electron chi connectivity index (χ1n) is 6.20. The van der Waals surface area contributed by atoms with Crippen LogP contribution in [0.1, 0.15) is 29.8 Å². The highest BCUT2D eigenvalue weighted by atomic mass is 16.5. The predicted octanol–water partition coefficient (Wildman–Crippen LogP) is 1.51. The standard InChI is InChI=1S/C14H20N2O3/c1-9(2)7-16-13(17)8-19-14(18)12-5-4-11(15)6-10(12)3/h4-6,9H,7-8,15H2,1-3H3,(H,16,17). The lowest BCUT2D eigenvalue weighted by Crippen LogP contribution is -2.31. The van der Waals surface area contributed by atoms with Gasteiger partial charge in [-0.05, 0) is 36.6 Å². The predicted molar refractivity (Wildman–Crippen MR) is 73.7 cm³/mol. The van der Waals surface area contributed by atoms with Crippen LogP contribution in [0.25, 0.3) is 0 Å². The Morgan fingerprint density at radius 2 is 2.05 bits per heavy atom. The molecule has 0 bridgehead atoms. The van der Waals surface area contributed by atoms with Gasteiger partial charge in [0, 0.05) is 12.2 Å². The largest absolute Gasteiger partial charge is 0.452 e. The molecule has 0 aliphatic rings. The van der Waals surface area contributed by atoms with Crippen molar-refractivity contribution in [2.45, 2.75) is 20.8 Å². The molecule has 0 aliphatic carbocycles. The van der Waals surface area contributed by atoms with E-state index in [4.69, 9.17) is 10.5 Å². The summed E-state index contributed by atoms with van der Waals surface area (Å²) in [5, 5.41) is 2.68. The summed E-state index contributed by atoms with van der Waals surface area (Å²) in [5.41, 5.74) is 7.34. The van der Waals surface area contributed by atoms with Crippen molar-refractivity contribution < 1.29 is 14.3 Å². The first kappa shape index (κ1) is 15.0. The molecule has 1 aromatic rings. The van der Waals surface area contributed by atoms with Gasteiger partial charge in [0.1, 0.15) is 0 Å². The lowest BCUT2D eigenvalue weighted by atomic mass is 10.1. The number of nitrogens with one attached hydrogen (secondary N) is 1. The fourth-order valence-corrected chi connectivity index (χ4v) is 1.49. The van der Waals surface area contributed by atoms with E-state index in [1.54, 1.807) is 25.1 Å². The third kappa shape index (κ3) is 4.99. The monoisotopic (exact) mass is 264 g/mol. The summed E-state index contributed by atoms with van der Waals surface area (Å²) in [4.78, 5) is 23.2. The maximum absolute atomic E-state index is 11.8. The van der Waals surface area contributed by atoms with E-state index in [1.165, 1.54) is 0 Å². The van der Waals surface area contributed by atoms with E-state index in [2.05, 4.69) is 5.32 Å². The second kappa shape index (κ2) is 6.78. The number of aryl methyl sites for hydroxylation is 1. The van der Waals surface area contributed by atoms with Crippen molar-refractivity contribution in [2.24, 2.45) is 5.92 Å². The fourth-order valence-electron chi connectivity index (χ4n) is 1.49. The number of anilines is 1. The molecule has 0 heterocycles. The number of carbonyl (C=O) groups is 2. The zero-order valence-corrected chi connectivity index (χ0v) is 11.5. The summed E-state index contributed by atoms with van der Waals surface area (Å²) in [6.45, 7) is 6.05. The number of benzene rings is 1. The van der Waals surface area contributed by atoms with Crippen molar-refractivity contribution >= 4 is 17.6 Å². The molecule has 1 aromatic carbocycles. The Balaban J connectivity index is 2.49. The maximum Gasteiger partial charge on any atom is 0.338 e. The van der Waals surface area contributed by atoms with Gasteiger partial charge < -0.3 is 15.8 Å². The Morgan fingerprint density at radius 1 is 1.37 bits per heavy atom. The molecule has 0 unspecified atom stereocenters. The van der Waals surface area contributed by atoms with Gasteiger partial charge in [-0.15, -0.1) is 0 Å². The van der Waals surface area contributed by atoms with Crippen LogP contribution in [0.3, 0.4) is 0 Å². The summed E-state index contributed by atoms with van der Waals surface area (Å²) in [7, 11) is 0. The lowest BCUT2D eigenvalue weighted by Gasteiger charge is -2.09. The minimum absolute atomic E-state index is 0.268. The summed E-state index contributed by atoms with van der Waals surface area (Å²) in [6.07, 6.45) is 0. The highest BCUT2D eigenvalue weighted by Gasteiger charge is 2.12. The second-order valence-corrected chi connectivity index (χ2v) is 4.85. The summed E-state index contributed by atoms with van der Waals surface area (Å²) >= 11 is 0. The van der Waals surface area contributed by atoms with Gasteiger partial charge >= 0.3 is 5.97 Å². The number of nitrogen functional groups attached to an aromatic ring is 1. The van der Waals surface area contributed by atoms with Gasteiger partial charge in [0.25, 0.3) is 5.91 Å². The highest BCUT2D eigenvalue weighted by Crippen LogP contribution is 2.13. The number of amides is 1. The van der Waals surface area contributed by atoms with Crippen LogP contribution < -0.4 is 11.1 Å². The number of carbonyl (C=O) groups excluding carboxylic acids is 2. The van der Waals surface area contributed by atoms with Crippen LogP contribution in [0.4, 0.5) is 5.69 Å². The Kier molecular flexibility index (Phi) is 5.36. The van der Waals surface area contributed by atoms with Crippen LogP contribution in [0.2, 0.25) is 0 Å². The first-order chi connectivity index (χ1) is 8.90. The average molecular weight is 264 g/mol. The molecule has 0 saturated heterocycles. The third-order valence-electron chi connectivity index (χ3n) is 2.51. The smallest absolute Gasteiger partial charge is 0.338 e. The van der Waals surface area contributed by atoms with Crippen molar-refractivity contribution in [1.29, 1.82) is 0 Å². The zero-order chi connectivity index (χ0) is 14.4. The topological polar surface area (TPSA) is 81.4 Å². The van der Waals surface area contributed by atoms with E-state index in [9.17, 15) is 9.59 Å². The molecular weight excluding hydrogens is 244 g/mol. The van der Waals surface area contributed by atoms with E-state index < -0.39 is 5.97 Å². The van der Waals surface area contributed by atoms with Crippen LogP contribution in [0.15, 0.2) is 18.2 Å². The summed E-state index contributed by atoms with van der Waals surface area (Å²) in [5.74, 6) is -0.452. The van der Waals surface area contributed by atoms with Crippen molar-refractivity contribution in [1.82, 2.24) is 5.32 Å². The number of hydrogen-bond donors (Lipinski definition) is 2. The van der Waals surface area contributed by atoms with Gasteiger partial charge in [0.2, 0.25) is 0 Å². The SMILES string of the molecule is Cc1cc(N)ccc1C(=O)OCC(=O)NCC(C)C. The number of ether oxygens (including phenoxy) is 1. The van der Waals surface area contributed by atoms with Gasteiger partial charge in [-0.1, -0.05) is 13.8 Å². The molecule has 5 nitrogen and oxygen atoms in total. The first-order valence-corrected chi connectivity index (χ1v) is 6.20. The lowest BCUT2D eigenvalue weighted by molar-refractivity contribution is -0.124. The van der Waals surface area contributed by atoms with Crippen LogP contribution in [-0.2, 0) is 9.53 Å². The molecule has 0 radical (unpaired) electrons. The molecule has 0 aromatic heterocycles. The maximum atomic E-state index is 11.8. The molecule has 104 valence electrons. The molecule has 0 atom stereocenters.